The van der Waals surface area contributed by atoms with E-state index in [1.807, 2.05) is 13.8 Å². The summed E-state index contributed by atoms with van der Waals surface area (Å²) in [7, 11) is 1.66. The SMILES string of the molecule is CC(C)C(N)CCN(C)C(=O)Cc1ccc(F)cc1F.Cl. The molecule has 0 aliphatic rings. The summed E-state index contributed by atoms with van der Waals surface area (Å²) in [6, 6.07) is 3.28. The van der Waals surface area contributed by atoms with Gasteiger partial charge in [-0.15, -0.1) is 12.4 Å². The van der Waals surface area contributed by atoms with Crippen molar-refractivity contribution in [2.75, 3.05) is 13.6 Å². The zero-order valence-corrected chi connectivity index (χ0v) is 13.4. The Morgan fingerprint density at radius 1 is 1.33 bits per heavy atom. The Balaban J connectivity index is 0.00000400. The number of hydrogen-bond acceptors (Lipinski definition) is 2. The Labute approximate surface area is 130 Å². The van der Waals surface area contributed by atoms with Crippen LogP contribution in [-0.4, -0.2) is 30.4 Å². The highest BCUT2D eigenvalue weighted by molar-refractivity contribution is 5.85. The molecule has 0 saturated carbocycles. The maximum absolute atomic E-state index is 13.5. The van der Waals surface area contributed by atoms with Gasteiger partial charge in [0.25, 0.3) is 0 Å². The van der Waals surface area contributed by atoms with Crippen molar-refractivity contribution in [2.24, 2.45) is 11.7 Å². The molecule has 6 heteroatoms. The normalized spacial score (nSPS) is 12.0. The van der Waals surface area contributed by atoms with Gasteiger partial charge >= 0.3 is 0 Å². The summed E-state index contributed by atoms with van der Waals surface area (Å²) >= 11 is 0. The molecule has 0 saturated heterocycles. The smallest absolute Gasteiger partial charge is 0.226 e. The van der Waals surface area contributed by atoms with Gasteiger partial charge in [0.2, 0.25) is 5.91 Å². The first-order valence-corrected chi connectivity index (χ1v) is 6.74. The predicted molar refractivity (Wildman–Crippen MR) is 82.4 cm³/mol. The van der Waals surface area contributed by atoms with Crippen LogP contribution in [0.25, 0.3) is 0 Å². The number of carbonyl (C=O) groups excluding carboxylic acids is 1. The number of rotatable bonds is 6. The van der Waals surface area contributed by atoms with Crippen LogP contribution in [0.3, 0.4) is 0 Å². The van der Waals surface area contributed by atoms with E-state index in [4.69, 9.17) is 5.73 Å². The van der Waals surface area contributed by atoms with Crippen LogP contribution in [0.15, 0.2) is 18.2 Å². The zero-order chi connectivity index (χ0) is 15.3. The summed E-state index contributed by atoms with van der Waals surface area (Å²) in [6.45, 7) is 4.59. The molecule has 1 atom stereocenters. The predicted octanol–water partition coefficient (Wildman–Crippen LogP) is 2.76. The third-order valence-corrected chi connectivity index (χ3v) is 3.44. The van der Waals surface area contributed by atoms with Crippen molar-refractivity contribution in [1.82, 2.24) is 4.90 Å². The fraction of sp³-hybridized carbons (Fsp3) is 0.533. The Morgan fingerprint density at radius 2 is 1.95 bits per heavy atom. The minimum atomic E-state index is -0.689. The lowest BCUT2D eigenvalue weighted by Gasteiger charge is -2.21. The van der Waals surface area contributed by atoms with E-state index < -0.39 is 11.6 Å². The largest absolute Gasteiger partial charge is 0.345 e. The van der Waals surface area contributed by atoms with Gasteiger partial charge in [-0.25, -0.2) is 8.78 Å². The van der Waals surface area contributed by atoms with Crippen LogP contribution < -0.4 is 5.73 Å². The summed E-state index contributed by atoms with van der Waals surface area (Å²) in [5, 5.41) is 0. The first-order chi connectivity index (χ1) is 9.31. The first kappa shape index (κ1) is 19.8. The van der Waals surface area contributed by atoms with Gasteiger partial charge in [0.15, 0.2) is 0 Å². The fourth-order valence-corrected chi connectivity index (χ4v) is 1.76. The minimum Gasteiger partial charge on any atom is -0.345 e. The molecule has 0 spiro atoms. The number of likely N-dealkylation sites (N-methyl/N-ethyl adjacent to an activating group) is 1. The van der Waals surface area contributed by atoms with Gasteiger partial charge in [-0.05, 0) is 24.0 Å². The molecule has 3 nitrogen and oxygen atoms in total. The van der Waals surface area contributed by atoms with Gasteiger partial charge in [-0.3, -0.25) is 4.79 Å². The van der Waals surface area contributed by atoms with Crippen molar-refractivity contribution < 1.29 is 13.6 Å². The molecular formula is C15H23ClF2N2O. The number of benzene rings is 1. The molecule has 0 aliphatic carbocycles. The highest BCUT2D eigenvalue weighted by Gasteiger charge is 2.15. The van der Waals surface area contributed by atoms with E-state index in [0.29, 0.717) is 18.9 Å². The number of carbonyl (C=O) groups is 1. The monoisotopic (exact) mass is 320 g/mol. The van der Waals surface area contributed by atoms with Crippen LogP contribution >= 0.6 is 12.4 Å². The van der Waals surface area contributed by atoms with Crippen LogP contribution in [0.2, 0.25) is 0 Å². The molecule has 21 heavy (non-hydrogen) atoms. The van der Waals surface area contributed by atoms with Gasteiger partial charge < -0.3 is 10.6 Å². The minimum absolute atomic E-state index is 0. The number of nitrogens with zero attached hydrogens (tertiary/aromatic N) is 1. The second-order valence-corrected chi connectivity index (χ2v) is 5.42. The van der Waals surface area contributed by atoms with Crippen molar-refractivity contribution >= 4 is 18.3 Å². The lowest BCUT2D eigenvalue weighted by atomic mass is 10.0. The summed E-state index contributed by atoms with van der Waals surface area (Å²) < 4.78 is 26.2. The van der Waals surface area contributed by atoms with Crippen molar-refractivity contribution in [1.29, 1.82) is 0 Å². The van der Waals surface area contributed by atoms with E-state index in [1.165, 1.54) is 11.0 Å². The molecule has 1 aromatic rings. The summed E-state index contributed by atoms with van der Waals surface area (Å²) in [5.41, 5.74) is 6.12. The van der Waals surface area contributed by atoms with E-state index in [0.717, 1.165) is 12.1 Å². The van der Waals surface area contributed by atoms with E-state index >= 15 is 0 Å². The number of halogens is 3. The molecule has 0 fully saturated rings. The van der Waals surface area contributed by atoms with Crippen molar-refractivity contribution in [2.45, 2.75) is 32.7 Å². The molecule has 1 amide bonds. The molecule has 120 valence electrons. The molecule has 0 heterocycles. The summed E-state index contributed by atoms with van der Waals surface area (Å²) in [6.07, 6.45) is 0.630. The van der Waals surface area contributed by atoms with E-state index in [9.17, 15) is 13.6 Å². The maximum atomic E-state index is 13.5. The number of amides is 1. The van der Waals surface area contributed by atoms with Crippen LogP contribution in [0.1, 0.15) is 25.8 Å². The average Bonchev–Trinajstić information content (AvgIpc) is 2.38. The molecule has 2 N–H and O–H groups in total. The average molecular weight is 321 g/mol. The topological polar surface area (TPSA) is 46.3 Å². The molecule has 1 aromatic carbocycles. The molecule has 0 aromatic heterocycles. The molecule has 0 aliphatic heterocycles. The fourth-order valence-electron chi connectivity index (χ4n) is 1.76. The Kier molecular flexibility index (Phi) is 8.44. The lowest BCUT2D eigenvalue weighted by Crippen LogP contribution is -2.35. The summed E-state index contributed by atoms with van der Waals surface area (Å²) in [5.74, 6) is -1.18. The van der Waals surface area contributed by atoms with Crippen LogP contribution in [0.5, 0.6) is 0 Å². The zero-order valence-electron chi connectivity index (χ0n) is 12.6. The van der Waals surface area contributed by atoms with Gasteiger partial charge in [-0.2, -0.15) is 0 Å². The molecule has 1 unspecified atom stereocenters. The number of nitrogens with two attached hydrogens (primary N) is 1. The number of hydrogen-bond donors (Lipinski definition) is 1. The van der Waals surface area contributed by atoms with Gasteiger partial charge in [-0.1, -0.05) is 19.9 Å². The summed E-state index contributed by atoms with van der Waals surface area (Å²) in [4.78, 5) is 13.5. The molecule has 1 rings (SSSR count). The Morgan fingerprint density at radius 3 is 2.48 bits per heavy atom. The quantitative estimate of drug-likeness (QED) is 0.876. The highest BCUT2D eigenvalue weighted by Crippen LogP contribution is 2.11. The van der Waals surface area contributed by atoms with Crippen LogP contribution in [0, 0.1) is 17.6 Å². The second-order valence-electron chi connectivity index (χ2n) is 5.42. The Bertz CT molecular complexity index is 469. The van der Waals surface area contributed by atoms with E-state index in [2.05, 4.69) is 0 Å². The molecular weight excluding hydrogens is 298 g/mol. The lowest BCUT2D eigenvalue weighted by molar-refractivity contribution is -0.129. The van der Waals surface area contributed by atoms with Crippen molar-refractivity contribution in [3.05, 3.63) is 35.4 Å². The van der Waals surface area contributed by atoms with Crippen molar-refractivity contribution in [3.63, 3.8) is 0 Å². The molecule has 0 radical (unpaired) electrons. The molecule has 0 bridgehead atoms. The van der Waals surface area contributed by atoms with E-state index in [-0.39, 0.29) is 36.3 Å². The van der Waals surface area contributed by atoms with Crippen LogP contribution in [-0.2, 0) is 11.2 Å². The van der Waals surface area contributed by atoms with Gasteiger partial charge in [0, 0.05) is 25.7 Å². The third kappa shape index (κ3) is 6.40. The first-order valence-electron chi connectivity index (χ1n) is 6.74. The van der Waals surface area contributed by atoms with Crippen molar-refractivity contribution in [3.8, 4) is 0 Å². The third-order valence-electron chi connectivity index (χ3n) is 3.44. The maximum Gasteiger partial charge on any atom is 0.226 e. The van der Waals surface area contributed by atoms with Crippen LogP contribution in [0.4, 0.5) is 8.78 Å². The highest BCUT2D eigenvalue weighted by atomic mass is 35.5. The van der Waals surface area contributed by atoms with E-state index in [1.54, 1.807) is 7.05 Å². The van der Waals surface area contributed by atoms with Gasteiger partial charge in [0.05, 0.1) is 6.42 Å². The standard InChI is InChI=1S/C15H22F2N2O.ClH/c1-10(2)14(18)6-7-19(3)15(20)8-11-4-5-12(16)9-13(11)17;/h4-5,9-10,14H,6-8,18H2,1-3H3;1H. The second kappa shape index (κ2) is 8.95. The Hall–Kier alpha value is -1.20. The van der Waals surface area contributed by atoms with Gasteiger partial charge in [0.1, 0.15) is 11.6 Å².